The first kappa shape index (κ1) is 16.1. The Kier molecular flexibility index (Phi) is 4.49. The number of fused-ring (bicyclic) bond motifs is 2. The molecular weight excluding hydrogens is 268 g/mol. The van der Waals surface area contributed by atoms with E-state index in [1.807, 2.05) is 16.8 Å². The summed E-state index contributed by atoms with van der Waals surface area (Å²) in [5.74, 6) is -0.489. The molecule has 0 saturated carbocycles. The third-order valence-corrected chi connectivity index (χ3v) is 5.58. The molecule has 0 aromatic carbocycles. The topological polar surface area (TPSA) is 60.9 Å². The van der Waals surface area contributed by atoms with Gasteiger partial charge in [-0.2, -0.15) is 0 Å². The van der Waals surface area contributed by atoms with E-state index in [2.05, 4.69) is 20.8 Å². The number of urea groups is 1. The number of carboxylic acids is 1. The Morgan fingerprint density at radius 3 is 2.19 bits per heavy atom. The maximum atomic E-state index is 12.8. The smallest absolute Gasteiger partial charge is 0.320 e. The lowest BCUT2D eigenvalue weighted by Crippen LogP contribution is -2.56. The number of carboxylic acid groups (broad SMARTS) is 1. The Labute approximate surface area is 127 Å². The van der Waals surface area contributed by atoms with Crippen LogP contribution in [0.1, 0.15) is 59.3 Å². The van der Waals surface area contributed by atoms with Crippen LogP contribution < -0.4 is 0 Å². The van der Waals surface area contributed by atoms with Crippen molar-refractivity contribution in [2.75, 3.05) is 7.05 Å². The molecule has 0 radical (unpaired) electrons. The van der Waals surface area contributed by atoms with Gasteiger partial charge in [-0.15, -0.1) is 0 Å². The van der Waals surface area contributed by atoms with Gasteiger partial charge < -0.3 is 14.9 Å². The summed E-state index contributed by atoms with van der Waals surface area (Å²) in [6.07, 6.45) is 4.88. The van der Waals surface area contributed by atoms with Gasteiger partial charge in [0.15, 0.2) is 0 Å². The van der Waals surface area contributed by atoms with E-state index in [1.165, 1.54) is 0 Å². The standard InChI is InChI=1S/C16H28N2O3/c1-5-16(2,3)17(4)15(21)18-12-6-7-13(18)9-11(8-12)10-14(19)20/h11-13H,5-10H2,1-4H3,(H,19,20). The van der Waals surface area contributed by atoms with Crippen molar-refractivity contribution < 1.29 is 14.7 Å². The van der Waals surface area contributed by atoms with Gasteiger partial charge in [0.1, 0.15) is 0 Å². The summed E-state index contributed by atoms with van der Waals surface area (Å²) in [5, 5.41) is 8.97. The van der Waals surface area contributed by atoms with E-state index in [0.29, 0.717) is 0 Å². The molecule has 0 aromatic rings. The molecule has 2 atom stereocenters. The van der Waals surface area contributed by atoms with Crippen molar-refractivity contribution in [3.8, 4) is 0 Å². The van der Waals surface area contributed by atoms with Gasteiger partial charge in [0.2, 0.25) is 0 Å². The lowest BCUT2D eigenvalue weighted by molar-refractivity contribution is -0.138. The zero-order chi connectivity index (χ0) is 15.8. The van der Waals surface area contributed by atoms with Crippen LogP contribution in [0.3, 0.4) is 0 Å². The van der Waals surface area contributed by atoms with E-state index >= 15 is 0 Å². The minimum atomic E-state index is -0.719. The fourth-order valence-corrected chi connectivity index (χ4v) is 3.68. The van der Waals surface area contributed by atoms with E-state index in [1.54, 1.807) is 0 Å². The molecule has 5 nitrogen and oxygen atoms in total. The summed E-state index contributed by atoms with van der Waals surface area (Å²) in [6, 6.07) is 0.578. The molecule has 0 spiro atoms. The second-order valence-electron chi connectivity index (χ2n) is 7.24. The van der Waals surface area contributed by atoms with Gasteiger partial charge in [0.25, 0.3) is 0 Å². The molecule has 120 valence electrons. The van der Waals surface area contributed by atoms with Crippen LogP contribution in [0.2, 0.25) is 0 Å². The number of hydrogen-bond acceptors (Lipinski definition) is 2. The quantitative estimate of drug-likeness (QED) is 0.867. The van der Waals surface area contributed by atoms with Crippen LogP contribution in [0, 0.1) is 5.92 Å². The Hall–Kier alpha value is -1.26. The average molecular weight is 296 g/mol. The Balaban J connectivity index is 2.06. The monoisotopic (exact) mass is 296 g/mol. The summed E-state index contributed by atoms with van der Waals surface area (Å²) in [6.45, 7) is 6.27. The molecule has 2 amide bonds. The third-order valence-electron chi connectivity index (χ3n) is 5.58. The number of amides is 2. The van der Waals surface area contributed by atoms with Gasteiger partial charge in [-0.3, -0.25) is 4.79 Å². The van der Waals surface area contributed by atoms with E-state index in [9.17, 15) is 9.59 Å². The maximum absolute atomic E-state index is 12.8. The van der Waals surface area contributed by atoms with Gasteiger partial charge in [0, 0.05) is 31.1 Å². The van der Waals surface area contributed by atoms with Crippen LogP contribution in [0.25, 0.3) is 0 Å². The molecule has 2 fully saturated rings. The van der Waals surface area contributed by atoms with Crippen molar-refractivity contribution in [2.45, 2.75) is 76.9 Å². The molecule has 21 heavy (non-hydrogen) atoms. The summed E-state index contributed by atoms with van der Waals surface area (Å²) < 4.78 is 0. The van der Waals surface area contributed by atoms with E-state index < -0.39 is 5.97 Å². The SMILES string of the molecule is CCC(C)(C)N(C)C(=O)N1C2CCC1CC(CC(=O)O)C2. The molecule has 2 aliphatic heterocycles. The summed E-state index contributed by atoms with van der Waals surface area (Å²) >= 11 is 0. The van der Waals surface area contributed by atoms with Crippen molar-refractivity contribution >= 4 is 12.0 Å². The predicted octanol–water partition coefficient (Wildman–Crippen LogP) is 2.94. The van der Waals surface area contributed by atoms with Crippen molar-refractivity contribution in [3.05, 3.63) is 0 Å². The zero-order valence-corrected chi connectivity index (χ0v) is 13.6. The molecule has 0 aliphatic carbocycles. The molecule has 0 aromatic heterocycles. The van der Waals surface area contributed by atoms with Gasteiger partial charge in [-0.25, -0.2) is 4.79 Å². The highest BCUT2D eigenvalue weighted by Crippen LogP contribution is 2.41. The summed E-state index contributed by atoms with van der Waals surface area (Å²) in [7, 11) is 1.88. The molecule has 2 bridgehead atoms. The minimum absolute atomic E-state index is 0.114. The molecule has 5 heteroatoms. The van der Waals surface area contributed by atoms with Crippen LogP contribution in [0.5, 0.6) is 0 Å². The van der Waals surface area contributed by atoms with E-state index in [4.69, 9.17) is 5.11 Å². The van der Waals surface area contributed by atoms with Gasteiger partial charge >= 0.3 is 12.0 Å². The number of rotatable bonds is 4. The molecular formula is C16H28N2O3. The highest BCUT2D eigenvalue weighted by molar-refractivity contribution is 5.76. The summed E-state index contributed by atoms with van der Waals surface area (Å²) in [4.78, 5) is 27.6. The maximum Gasteiger partial charge on any atom is 0.320 e. The van der Waals surface area contributed by atoms with Crippen molar-refractivity contribution in [1.29, 1.82) is 0 Å². The second kappa shape index (κ2) is 5.85. The van der Waals surface area contributed by atoms with Crippen molar-refractivity contribution in [3.63, 3.8) is 0 Å². The molecule has 2 saturated heterocycles. The fourth-order valence-electron chi connectivity index (χ4n) is 3.68. The molecule has 2 unspecified atom stereocenters. The Bertz CT molecular complexity index is 408. The van der Waals surface area contributed by atoms with Crippen LogP contribution in [-0.2, 0) is 4.79 Å². The first-order valence-electron chi connectivity index (χ1n) is 8.04. The summed E-state index contributed by atoms with van der Waals surface area (Å²) in [5.41, 5.74) is -0.144. The number of hydrogen-bond donors (Lipinski definition) is 1. The second-order valence-corrected chi connectivity index (χ2v) is 7.24. The minimum Gasteiger partial charge on any atom is -0.481 e. The lowest BCUT2D eigenvalue weighted by atomic mass is 9.88. The molecule has 2 aliphatic rings. The average Bonchev–Trinajstić information content (AvgIpc) is 2.68. The highest BCUT2D eigenvalue weighted by Gasteiger charge is 2.45. The number of carbonyl (C=O) groups excluding carboxylic acids is 1. The molecule has 2 heterocycles. The highest BCUT2D eigenvalue weighted by atomic mass is 16.4. The number of carbonyl (C=O) groups is 2. The van der Waals surface area contributed by atoms with E-state index in [0.717, 1.165) is 32.1 Å². The van der Waals surface area contributed by atoms with Crippen molar-refractivity contribution in [1.82, 2.24) is 9.80 Å². The van der Waals surface area contributed by atoms with Crippen molar-refractivity contribution in [2.24, 2.45) is 5.92 Å². The number of nitrogens with zero attached hydrogens (tertiary/aromatic N) is 2. The number of piperidine rings is 1. The van der Waals surface area contributed by atoms with Gasteiger partial charge in [-0.1, -0.05) is 6.92 Å². The largest absolute Gasteiger partial charge is 0.481 e. The Morgan fingerprint density at radius 2 is 1.76 bits per heavy atom. The predicted molar refractivity (Wildman–Crippen MR) is 81.2 cm³/mol. The van der Waals surface area contributed by atoms with Gasteiger partial charge in [0.05, 0.1) is 0 Å². The first-order chi connectivity index (χ1) is 9.76. The molecule has 2 rings (SSSR count). The number of aliphatic carboxylic acids is 1. The normalized spacial score (nSPS) is 28.6. The third kappa shape index (κ3) is 3.16. The lowest BCUT2D eigenvalue weighted by Gasteiger charge is -2.44. The van der Waals surface area contributed by atoms with E-state index in [-0.39, 0.29) is 36.0 Å². The van der Waals surface area contributed by atoms with Crippen LogP contribution in [-0.4, -0.2) is 51.6 Å². The van der Waals surface area contributed by atoms with Crippen LogP contribution in [0.4, 0.5) is 4.79 Å². The van der Waals surface area contributed by atoms with Crippen LogP contribution >= 0.6 is 0 Å². The van der Waals surface area contributed by atoms with Crippen LogP contribution in [0.15, 0.2) is 0 Å². The fraction of sp³-hybridized carbons (Fsp3) is 0.875. The first-order valence-corrected chi connectivity index (χ1v) is 8.04. The molecule has 1 N–H and O–H groups in total. The van der Waals surface area contributed by atoms with Gasteiger partial charge in [-0.05, 0) is 51.9 Å². The zero-order valence-electron chi connectivity index (χ0n) is 13.6. The Morgan fingerprint density at radius 1 is 1.24 bits per heavy atom.